The maximum absolute atomic E-state index is 3.46. The molecule has 2 heteroatoms. The van der Waals surface area contributed by atoms with Crippen LogP contribution in [0.1, 0.15) is 20.8 Å². The summed E-state index contributed by atoms with van der Waals surface area (Å²) in [6.07, 6.45) is 2.17. The fourth-order valence-electron chi connectivity index (χ4n) is 0.962. The van der Waals surface area contributed by atoms with Crippen LogP contribution in [-0.2, 0) is 0 Å². The summed E-state index contributed by atoms with van der Waals surface area (Å²) in [4.78, 5) is 0. The Balaban J connectivity index is 3.10. The predicted octanol–water partition coefficient (Wildman–Crippen LogP) is 2.23. The fraction of sp³-hybridized carbons (Fsp3) is 1.00. The van der Waals surface area contributed by atoms with Gasteiger partial charge in [-0.05, 0) is 36.9 Å². The van der Waals surface area contributed by atoms with Crippen molar-refractivity contribution in [1.29, 1.82) is 0 Å². The molecule has 1 nitrogen and oxygen atoms in total. The average molecular weight is 175 g/mol. The lowest BCUT2D eigenvalue weighted by Crippen LogP contribution is -2.26. The molecule has 0 spiro atoms. The van der Waals surface area contributed by atoms with Gasteiger partial charge in [0.05, 0.1) is 0 Å². The topological polar surface area (TPSA) is 12.0 Å². The van der Waals surface area contributed by atoms with E-state index in [2.05, 4.69) is 32.3 Å². The Morgan fingerprint density at radius 1 is 1.18 bits per heavy atom. The van der Waals surface area contributed by atoms with Gasteiger partial charge in [0.1, 0.15) is 0 Å². The number of hydrogen-bond donors (Lipinski definition) is 1. The van der Waals surface area contributed by atoms with Gasteiger partial charge in [0.2, 0.25) is 0 Å². The molecule has 0 heterocycles. The first-order chi connectivity index (χ1) is 5.16. The lowest BCUT2D eigenvalue weighted by molar-refractivity contribution is 0.501. The predicted molar refractivity (Wildman–Crippen MR) is 55.3 cm³/mol. The third-order valence-corrected chi connectivity index (χ3v) is 2.40. The van der Waals surface area contributed by atoms with Crippen molar-refractivity contribution in [2.45, 2.75) is 20.8 Å². The minimum absolute atomic E-state index is 0.775. The van der Waals surface area contributed by atoms with Gasteiger partial charge in [-0.3, -0.25) is 0 Å². The minimum Gasteiger partial charge on any atom is -0.316 e. The molecule has 68 valence electrons. The number of rotatable bonds is 6. The highest BCUT2D eigenvalue weighted by molar-refractivity contribution is 7.98. The first kappa shape index (κ1) is 11.3. The molecule has 0 saturated carbocycles. The molecule has 0 rings (SSSR count). The molecule has 1 atom stereocenters. The van der Waals surface area contributed by atoms with Gasteiger partial charge in [-0.1, -0.05) is 20.8 Å². The smallest absolute Gasteiger partial charge is 0.00152 e. The van der Waals surface area contributed by atoms with Crippen molar-refractivity contribution >= 4 is 11.8 Å². The van der Waals surface area contributed by atoms with Crippen molar-refractivity contribution in [3.63, 3.8) is 0 Å². The molecule has 0 fully saturated rings. The molecular weight excluding hydrogens is 154 g/mol. The zero-order valence-corrected chi connectivity index (χ0v) is 9.00. The monoisotopic (exact) mass is 175 g/mol. The van der Waals surface area contributed by atoms with Crippen LogP contribution in [0.25, 0.3) is 0 Å². The molecule has 1 N–H and O–H groups in total. The van der Waals surface area contributed by atoms with E-state index in [4.69, 9.17) is 0 Å². The molecule has 0 aliphatic carbocycles. The lowest BCUT2D eigenvalue weighted by Gasteiger charge is -2.12. The maximum atomic E-state index is 3.46. The molecule has 11 heavy (non-hydrogen) atoms. The standard InChI is InChI=1S/C9H21NS/c1-8(2)5-10-6-9(3)7-11-4/h8-10H,5-7H2,1-4H3. The summed E-state index contributed by atoms with van der Waals surface area (Å²) in [6, 6.07) is 0. The summed E-state index contributed by atoms with van der Waals surface area (Å²) in [6.45, 7) is 9.10. The molecule has 0 radical (unpaired) electrons. The SMILES string of the molecule is CSCC(C)CNCC(C)C. The number of hydrogen-bond acceptors (Lipinski definition) is 2. The van der Waals surface area contributed by atoms with Crippen LogP contribution >= 0.6 is 11.8 Å². The molecule has 0 saturated heterocycles. The van der Waals surface area contributed by atoms with Gasteiger partial charge in [0.15, 0.2) is 0 Å². The Kier molecular flexibility index (Phi) is 7.18. The second kappa shape index (κ2) is 6.99. The number of thioether (sulfide) groups is 1. The van der Waals surface area contributed by atoms with Crippen LogP contribution in [0.15, 0.2) is 0 Å². The summed E-state index contributed by atoms with van der Waals surface area (Å²) < 4.78 is 0. The summed E-state index contributed by atoms with van der Waals surface area (Å²) in [5.74, 6) is 2.85. The molecule has 0 aliphatic rings. The van der Waals surface area contributed by atoms with Gasteiger partial charge in [-0.15, -0.1) is 0 Å². The minimum atomic E-state index is 0.775. The Morgan fingerprint density at radius 2 is 1.82 bits per heavy atom. The largest absolute Gasteiger partial charge is 0.316 e. The van der Waals surface area contributed by atoms with Crippen LogP contribution in [0.2, 0.25) is 0 Å². The van der Waals surface area contributed by atoms with Gasteiger partial charge >= 0.3 is 0 Å². The van der Waals surface area contributed by atoms with E-state index in [9.17, 15) is 0 Å². The van der Waals surface area contributed by atoms with Crippen LogP contribution in [0.4, 0.5) is 0 Å². The molecule has 1 unspecified atom stereocenters. The quantitative estimate of drug-likeness (QED) is 0.664. The third-order valence-electron chi connectivity index (χ3n) is 1.50. The Morgan fingerprint density at radius 3 is 2.27 bits per heavy atom. The Bertz CT molecular complexity index is 83.6. The third kappa shape index (κ3) is 8.21. The molecule has 0 aliphatic heterocycles. The Hall–Kier alpha value is 0.310. The van der Waals surface area contributed by atoms with Gasteiger partial charge in [0.25, 0.3) is 0 Å². The van der Waals surface area contributed by atoms with Crippen LogP contribution in [0, 0.1) is 11.8 Å². The molecule has 0 aromatic carbocycles. The van der Waals surface area contributed by atoms with Crippen molar-refractivity contribution in [2.24, 2.45) is 11.8 Å². The molecular formula is C9H21NS. The van der Waals surface area contributed by atoms with E-state index in [0.717, 1.165) is 18.4 Å². The molecule has 0 amide bonds. The summed E-state index contributed by atoms with van der Waals surface area (Å²) in [5, 5.41) is 3.46. The second-order valence-electron chi connectivity index (χ2n) is 3.61. The highest BCUT2D eigenvalue weighted by atomic mass is 32.2. The van der Waals surface area contributed by atoms with Crippen LogP contribution < -0.4 is 5.32 Å². The first-order valence-corrected chi connectivity index (χ1v) is 5.75. The highest BCUT2D eigenvalue weighted by Gasteiger charge is 2.00. The van der Waals surface area contributed by atoms with E-state index in [-0.39, 0.29) is 0 Å². The fourth-order valence-corrected chi connectivity index (χ4v) is 1.65. The van der Waals surface area contributed by atoms with E-state index >= 15 is 0 Å². The van der Waals surface area contributed by atoms with Crippen LogP contribution in [0.5, 0.6) is 0 Å². The molecule has 0 bridgehead atoms. The van der Waals surface area contributed by atoms with E-state index < -0.39 is 0 Å². The summed E-state index contributed by atoms with van der Waals surface area (Å²) in [7, 11) is 0. The molecule has 0 aromatic heterocycles. The summed E-state index contributed by atoms with van der Waals surface area (Å²) >= 11 is 1.93. The van der Waals surface area contributed by atoms with Crippen molar-refractivity contribution in [2.75, 3.05) is 25.1 Å². The second-order valence-corrected chi connectivity index (χ2v) is 4.52. The zero-order chi connectivity index (χ0) is 8.69. The van der Waals surface area contributed by atoms with Crippen molar-refractivity contribution < 1.29 is 0 Å². The first-order valence-electron chi connectivity index (χ1n) is 4.36. The van der Waals surface area contributed by atoms with Crippen LogP contribution in [0.3, 0.4) is 0 Å². The normalized spacial score (nSPS) is 13.9. The molecule has 0 aromatic rings. The van der Waals surface area contributed by atoms with Gasteiger partial charge < -0.3 is 5.32 Å². The van der Waals surface area contributed by atoms with Gasteiger partial charge in [-0.2, -0.15) is 11.8 Å². The number of nitrogens with one attached hydrogen (secondary N) is 1. The lowest BCUT2D eigenvalue weighted by atomic mass is 10.2. The van der Waals surface area contributed by atoms with Gasteiger partial charge in [-0.25, -0.2) is 0 Å². The summed E-state index contributed by atoms with van der Waals surface area (Å²) in [5.41, 5.74) is 0. The maximum Gasteiger partial charge on any atom is -0.00152 e. The average Bonchev–Trinajstić information content (AvgIpc) is 1.87. The van der Waals surface area contributed by atoms with Crippen molar-refractivity contribution in [1.82, 2.24) is 5.32 Å². The highest BCUT2D eigenvalue weighted by Crippen LogP contribution is 2.02. The van der Waals surface area contributed by atoms with E-state index in [0.29, 0.717) is 0 Å². The van der Waals surface area contributed by atoms with E-state index in [1.165, 1.54) is 12.3 Å². The van der Waals surface area contributed by atoms with E-state index in [1.54, 1.807) is 0 Å². The van der Waals surface area contributed by atoms with Gasteiger partial charge in [0, 0.05) is 0 Å². The Labute approximate surface area is 75.3 Å². The van der Waals surface area contributed by atoms with Crippen LogP contribution in [-0.4, -0.2) is 25.1 Å². The zero-order valence-electron chi connectivity index (χ0n) is 8.18. The van der Waals surface area contributed by atoms with E-state index in [1.807, 2.05) is 11.8 Å². The van der Waals surface area contributed by atoms with Crippen molar-refractivity contribution in [3.05, 3.63) is 0 Å². The van der Waals surface area contributed by atoms with Crippen molar-refractivity contribution in [3.8, 4) is 0 Å².